The van der Waals surface area contributed by atoms with E-state index in [-0.39, 0.29) is 0 Å². The van der Waals surface area contributed by atoms with Crippen molar-refractivity contribution in [3.05, 3.63) is 0 Å². The van der Waals surface area contributed by atoms with Crippen molar-refractivity contribution in [2.24, 2.45) is 0 Å². The molecule has 4 aliphatic rings. The number of hydrogen-bond acceptors (Lipinski definition) is 20. The van der Waals surface area contributed by atoms with Crippen LogP contribution in [0.4, 0.5) is 0 Å². The maximum atomic E-state index is 12.5. The van der Waals surface area contributed by atoms with Crippen LogP contribution < -0.4 is 10.6 Å². The van der Waals surface area contributed by atoms with Crippen molar-refractivity contribution in [3.8, 4) is 0 Å². The minimum atomic E-state index is -1.95. The van der Waals surface area contributed by atoms with Gasteiger partial charge in [0.05, 0.1) is 25.9 Å². The summed E-state index contributed by atoms with van der Waals surface area (Å²) >= 11 is 0. The monoisotopic (exact) mass is 732 g/mol. The van der Waals surface area contributed by atoms with E-state index in [4.69, 9.17) is 33.2 Å². The number of nitrogens with one attached hydrogen (secondary N) is 2. The Bertz CT molecular complexity index is 1130. The molecule has 20 atom stereocenters. The van der Waals surface area contributed by atoms with Crippen LogP contribution >= 0.6 is 0 Å². The van der Waals surface area contributed by atoms with Gasteiger partial charge in [0.15, 0.2) is 25.2 Å². The molecule has 0 aliphatic carbocycles. The molecule has 4 heterocycles. The van der Waals surface area contributed by atoms with Crippen molar-refractivity contribution in [2.75, 3.05) is 19.8 Å². The lowest BCUT2D eigenvalue weighted by Crippen LogP contribution is -2.71. The molecule has 0 spiro atoms. The lowest BCUT2D eigenvalue weighted by Gasteiger charge is -2.50. The van der Waals surface area contributed by atoms with Crippen LogP contribution in [0.3, 0.4) is 0 Å². The predicted octanol–water partition coefficient (Wildman–Crippen LogP) is -8.43. The fourth-order valence-corrected chi connectivity index (χ4v) is 6.27. The molecule has 0 aromatic heterocycles. The summed E-state index contributed by atoms with van der Waals surface area (Å²) in [7, 11) is 0. The summed E-state index contributed by atoms with van der Waals surface area (Å²) < 4.78 is 39.8. The molecule has 2 amide bonds. The maximum absolute atomic E-state index is 12.5. The van der Waals surface area contributed by atoms with E-state index in [0.29, 0.717) is 0 Å². The van der Waals surface area contributed by atoms with Gasteiger partial charge in [-0.1, -0.05) is 0 Å². The standard InChI is InChI=1S/C28H48N2O20/c1-7-15(36)19(40)21(42)27(44-7)50-24-20(41)16(37)10(4-31)47-28(24)49-23-14(30-9(3)35)26(46-12(6-33)18(23)39)48-22-13(29-8(2)34)25(43)45-11(5-32)17(22)38/h7,10-28,31-33,36-43H,4-6H2,1-3H3,(H,29,34)(H,30,35)/t7-,10+,11+,12+,13+,14+,15+,16-,17-,18+,19+,20-,21-,22+,23+,24+,25+,26-,27-,28-/m0/s1. The molecule has 0 saturated carbocycles. The summed E-state index contributed by atoms with van der Waals surface area (Å²) in [6.45, 7) is 0.959. The van der Waals surface area contributed by atoms with Gasteiger partial charge in [0, 0.05) is 13.8 Å². The Morgan fingerprint density at radius 2 is 0.980 bits per heavy atom. The summed E-state index contributed by atoms with van der Waals surface area (Å²) in [6, 6.07) is -3.08. The Labute approximate surface area is 285 Å². The zero-order valence-corrected chi connectivity index (χ0v) is 27.3. The molecule has 4 saturated heterocycles. The van der Waals surface area contributed by atoms with E-state index in [0.717, 1.165) is 13.8 Å². The molecule has 0 bridgehead atoms. The first-order valence-electron chi connectivity index (χ1n) is 15.9. The van der Waals surface area contributed by atoms with Crippen molar-refractivity contribution in [3.63, 3.8) is 0 Å². The number of aliphatic hydroxyl groups is 11. The SMILES string of the molecule is CC(=O)N[C@@H]1[C@@H](O[C@@H]2O[C@H](CO)[C@@H](O)[C@H](O[C@@H]3O[C@H](CO)[C@H](O)[C@H](O)[C@H]3O[C@@H]3O[C@@H](C)[C@@H](O)[C@@H](O)[C@@H]3O)[C@H]2NC(C)=O)[C@@H](O)[C@@H](CO)O[C@H]1O. The average molecular weight is 733 g/mol. The van der Waals surface area contributed by atoms with Crippen LogP contribution in [0.25, 0.3) is 0 Å². The average Bonchev–Trinajstić information content (AvgIpc) is 3.06. The smallest absolute Gasteiger partial charge is 0.217 e. The topological polar surface area (TPSA) is 345 Å². The quantitative estimate of drug-likeness (QED) is 0.0938. The van der Waals surface area contributed by atoms with Gasteiger partial charge in [-0.25, -0.2) is 0 Å². The summed E-state index contributed by atoms with van der Waals surface area (Å²) in [5.74, 6) is -1.44. The van der Waals surface area contributed by atoms with Crippen LogP contribution in [0.15, 0.2) is 0 Å². The van der Waals surface area contributed by atoms with Crippen LogP contribution in [-0.2, 0) is 42.7 Å². The molecule has 4 aliphatic heterocycles. The molecule has 13 N–H and O–H groups in total. The van der Waals surface area contributed by atoms with Gasteiger partial charge < -0.3 is 100.0 Å². The Balaban J connectivity index is 1.69. The molecule has 0 aromatic carbocycles. The van der Waals surface area contributed by atoms with Crippen molar-refractivity contribution >= 4 is 11.8 Å². The molecule has 4 fully saturated rings. The highest BCUT2D eigenvalue weighted by molar-refractivity contribution is 5.73. The normalized spacial score (nSPS) is 48.5. The highest BCUT2D eigenvalue weighted by Crippen LogP contribution is 2.34. The van der Waals surface area contributed by atoms with Crippen LogP contribution in [0, 0.1) is 0 Å². The molecule has 22 nitrogen and oxygen atoms in total. The fraction of sp³-hybridized carbons (Fsp3) is 0.929. The number of aliphatic hydroxyl groups excluding tert-OH is 11. The van der Waals surface area contributed by atoms with E-state index >= 15 is 0 Å². The lowest BCUT2D eigenvalue weighted by atomic mass is 9.93. The molecular formula is C28H48N2O20. The Hall–Kier alpha value is -1.78. The van der Waals surface area contributed by atoms with Gasteiger partial charge in [0.25, 0.3) is 0 Å². The molecule has 22 heteroatoms. The highest BCUT2D eigenvalue weighted by atomic mass is 16.8. The third-order valence-corrected chi connectivity index (χ3v) is 8.97. The second kappa shape index (κ2) is 17.4. The van der Waals surface area contributed by atoms with Gasteiger partial charge in [0.2, 0.25) is 11.8 Å². The van der Waals surface area contributed by atoms with Gasteiger partial charge in [-0.15, -0.1) is 0 Å². The molecule has 0 radical (unpaired) electrons. The zero-order valence-electron chi connectivity index (χ0n) is 27.3. The van der Waals surface area contributed by atoms with Gasteiger partial charge >= 0.3 is 0 Å². The summed E-state index contributed by atoms with van der Waals surface area (Å²) in [5, 5.41) is 120. The van der Waals surface area contributed by atoms with E-state index in [2.05, 4.69) is 10.6 Å². The molecular weight excluding hydrogens is 684 g/mol. The van der Waals surface area contributed by atoms with Crippen molar-refractivity contribution in [1.29, 1.82) is 0 Å². The molecule has 290 valence electrons. The number of hydrogen-bond donors (Lipinski definition) is 13. The van der Waals surface area contributed by atoms with Crippen molar-refractivity contribution in [2.45, 2.75) is 143 Å². The summed E-state index contributed by atoms with van der Waals surface area (Å²) in [6.07, 6.45) is -30.6. The van der Waals surface area contributed by atoms with Crippen LogP contribution in [-0.4, -0.2) is 211 Å². The van der Waals surface area contributed by atoms with Crippen LogP contribution in [0.2, 0.25) is 0 Å². The number of ether oxygens (including phenoxy) is 7. The number of amides is 2. The molecule has 50 heavy (non-hydrogen) atoms. The third-order valence-electron chi connectivity index (χ3n) is 8.97. The Morgan fingerprint density at radius 1 is 0.520 bits per heavy atom. The van der Waals surface area contributed by atoms with E-state index in [1.54, 1.807) is 0 Å². The van der Waals surface area contributed by atoms with E-state index < -0.39 is 154 Å². The van der Waals surface area contributed by atoms with Crippen LogP contribution in [0.5, 0.6) is 0 Å². The Kier molecular flexibility index (Phi) is 14.2. The molecule has 0 aromatic rings. The van der Waals surface area contributed by atoms with Gasteiger partial charge in [-0.2, -0.15) is 0 Å². The lowest BCUT2D eigenvalue weighted by molar-refractivity contribution is -0.384. The summed E-state index contributed by atoms with van der Waals surface area (Å²) in [5.41, 5.74) is 0. The fourth-order valence-electron chi connectivity index (χ4n) is 6.27. The predicted molar refractivity (Wildman–Crippen MR) is 156 cm³/mol. The maximum Gasteiger partial charge on any atom is 0.217 e. The summed E-state index contributed by atoms with van der Waals surface area (Å²) in [4.78, 5) is 24.4. The molecule has 0 unspecified atom stereocenters. The number of carbonyl (C=O) groups excluding carboxylic acids is 2. The second-order valence-corrected chi connectivity index (χ2v) is 12.6. The van der Waals surface area contributed by atoms with Gasteiger partial charge in [0.1, 0.15) is 91.4 Å². The number of carbonyl (C=O) groups is 2. The molecule has 4 rings (SSSR count). The largest absolute Gasteiger partial charge is 0.394 e. The number of rotatable bonds is 11. The minimum absolute atomic E-state index is 0.683. The highest BCUT2D eigenvalue weighted by Gasteiger charge is 2.56. The van der Waals surface area contributed by atoms with E-state index in [1.807, 2.05) is 0 Å². The minimum Gasteiger partial charge on any atom is -0.394 e. The van der Waals surface area contributed by atoms with Crippen molar-refractivity contribution < 1.29 is 98.9 Å². The van der Waals surface area contributed by atoms with Crippen molar-refractivity contribution in [1.82, 2.24) is 10.6 Å². The Morgan fingerprint density at radius 3 is 1.54 bits per heavy atom. The zero-order chi connectivity index (χ0) is 37.2. The third kappa shape index (κ3) is 8.70. The van der Waals surface area contributed by atoms with E-state index in [1.165, 1.54) is 6.92 Å². The second-order valence-electron chi connectivity index (χ2n) is 12.6. The first-order chi connectivity index (χ1) is 23.5. The van der Waals surface area contributed by atoms with Crippen LogP contribution in [0.1, 0.15) is 20.8 Å². The van der Waals surface area contributed by atoms with Gasteiger partial charge in [-0.3, -0.25) is 9.59 Å². The first kappa shape index (κ1) is 41.0. The van der Waals surface area contributed by atoms with Gasteiger partial charge in [-0.05, 0) is 6.92 Å². The first-order valence-corrected chi connectivity index (χ1v) is 15.9. The van der Waals surface area contributed by atoms with E-state index in [9.17, 15) is 65.8 Å².